The molecular weight excluding hydrogens is 307 g/mol. The topological polar surface area (TPSA) is 43.8 Å². The smallest absolute Gasteiger partial charge is 0.233 e. The van der Waals surface area contributed by atoms with Gasteiger partial charge in [0.2, 0.25) is 5.91 Å². The molecule has 0 bridgehead atoms. The molecule has 1 atom stereocenters. The van der Waals surface area contributed by atoms with E-state index in [1.807, 2.05) is 23.9 Å². The highest BCUT2D eigenvalue weighted by Gasteiger charge is 2.53. The van der Waals surface area contributed by atoms with Crippen LogP contribution in [0.1, 0.15) is 37.7 Å². The third-order valence-corrected chi connectivity index (χ3v) is 5.37. The number of carbonyl (C=O) groups excluding carboxylic acids is 1. The molecule has 24 heavy (non-hydrogen) atoms. The van der Waals surface area contributed by atoms with Crippen LogP contribution in [0.5, 0.6) is 0 Å². The molecule has 1 saturated carbocycles. The van der Waals surface area contributed by atoms with Crippen molar-refractivity contribution >= 4 is 5.91 Å². The summed E-state index contributed by atoms with van der Waals surface area (Å²) in [5.74, 6) is -0.131. The maximum atomic E-state index is 13.2. The zero-order chi connectivity index (χ0) is 17.4. The Morgan fingerprint density at radius 3 is 2.42 bits per heavy atom. The Morgan fingerprint density at radius 1 is 1.17 bits per heavy atom. The van der Waals surface area contributed by atoms with Crippen molar-refractivity contribution in [3.63, 3.8) is 0 Å². The molecule has 1 aliphatic heterocycles. The molecule has 1 aromatic carbocycles. The molecule has 1 aromatic rings. The Bertz CT molecular complexity index is 598. The van der Waals surface area contributed by atoms with E-state index in [0.717, 1.165) is 31.2 Å². The van der Waals surface area contributed by atoms with Crippen LogP contribution in [-0.2, 0) is 10.2 Å². The normalized spacial score (nSPS) is 26.3. The van der Waals surface area contributed by atoms with E-state index in [0.29, 0.717) is 26.1 Å². The Kier molecular flexibility index (Phi) is 4.67. The number of nitrogens with zero attached hydrogens (tertiary/aromatic N) is 2. The highest BCUT2D eigenvalue weighted by atomic mass is 19.1. The quantitative estimate of drug-likeness (QED) is 0.918. The molecule has 1 saturated heterocycles. The van der Waals surface area contributed by atoms with Crippen LogP contribution in [0.3, 0.4) is 0 Å². The summed E-state index contributed by atoms with van der Waals surface area (Å²) in [6.45, 7) is 1.90. The number of amides is 1. The molecular formula is C19H27FN2O2. The van der Waals surface area contributed by atoms with Gasteiger partial charge in [-0.05, 0) is 63.9 Å². The van der Waals surface area contributed by atoms with Crippen LogP contribution in [0.2, 0.25) is 0 Å². The molecule has 1 aliphatic carbocycles. The minimum absolute atomic E-state index is 0.142. The fourth-order valence-corrected chi connectivity index (χ4v) is 3.95. The number of rotatable bonds is 4. The Hall–Kier alpha value is -1.46. The van der Waals surface area contributed by atoms with Gasteiger partial charge < -0.3 is 14.9 Å². The molecule has 3 rings (SSSR count). The van der Waals surface area contributed by atoms with Gasteiger partial charge in [0.1, 0.15) is 5.82 Å². The maximum Gasteiger partial charge on any atom is 0.233 e. The lowest BCUT2D eigenvalue weighted by Gasteiger charge is -2.30. The summed E-state index contributed by atoms with van der Waals surface area (Å²) in [5.41, 5.74) is -0.260. The van der Waals surface area contributed by atoms with Gasteiger partial charge in [-0.25, -0.2) is 4.39 Å². The van der Waals surface area contributed by atoms with Crippen LogP contribution in [0.4, 0.5) is 4.39 Å². The average molecular weight is 334 g/mol. The first kappa shape index (κ1) is 17.4. The fraction of sp³-hybridized carbons (Fsp3) is 0.632. The lowest BCUT2D eigenvalue weighted by atomic mass is 9.93. The second kappa shape index (κ2) is 6.45. The summed E-state index contributed by atoms with van der Waals surface area (Å²) in [4.78, 5) is 17.0. The Balaban J connectivity index is 1.70. The standard InChI is InChI=1S/C19H27FN2O2/c1-21(2)14-18(24)8-3-12-22(13-11-18)17(23)19(9-10-19)15-4-6-16(20)7-5-15/h4-7,24H,3,8-14H2,1-2H3. The van der Waals surface area contributed by atoms with Crippen molar-refractivity contribution in [1.82, 2.24) is 9.80 Å². The number of carbonyl (C=O) groups is 1. The van der Waals surface area contributed by atoms with Gasteiger partial charge in [0.15, 0.2) is 0 Å². The van der Waals surface area contributed by atoms with E-state index >= 15 is 0 Å². The first-order valence-corrected chi connectivity index (χ1v) is 8.77. The maximum absolute atomic E-state index is 13.2. The molecule has 2 aliphatic rings. The first-order chi connectivity index (χ1) is 11.3. The second-order valence-corrected chi connectivity index (χ2v) is 7.70. The van der Waals surface area contributed by atoms with Crippen LogP contribution in [-0.4, -0.2) is 60.1 Å². The van der Waals surface area contributed by atoms with Gasteiger partial charge in [0.05, 0.1) is 11.0 Å². The highest BCUT2D eigenvalue weighted by molar-refractivity contribution is 5.91. The number of halogens is 1. The number of benzene rings is 1. The van der Waals surface area contributed by atoms with E-state index in [1.165, 1.54) is 12.1 Å². The van der Waals surface area contributed by atoms with Crippen molar-refractivity contribution < 1.29 is 14.3 Å². The van der Waals surface area contributed by atoms with Crippen LogP contribution < -0.4 is 0 Å². The summed E-state index contributed by atoms with van der Waals surface area (Å²) in [5, 5.41) is 10.8. The third-order valence-electron chi connectivity index (χ3n) is 5.37. The minimum atomic E-state index is -0.717. The van der Waals surface area contributed by atoms with Gasteiger partial charge in [-0.2, -0.15) is 0 Å². The van der Waals surface area contributed by atoms with Crippen molar-refractivity contribution in [2.45, 2.75) is 43.1 Å². The average Bonchev–Trinajstić information content (AvgIpc) is 3.32. The molecule has 1 heterocycles. The third kappa shape index (κ3) is 3.47. The molecule has 0 spiro atoms. The van der Waals surface area contributed by atoms with Gasteiger partial charge in [0.25, 0.3) is 0 Å². The zero-order valence-corrected chi connectivity index (χ0v) is 14.6. The molecule has 5 heteroatoms. The van der Waals surface area contributed by atoms with Crippen LogP contribution in [0.25, 0.3) is 0 Å². The number of likely N-dealkylation sites (N-methyl/N-ethyl adjacent to an activating group) is 1. The monoisotopic (exact) mass is 334 g/mol. The van der Waals surface area contributed by atoms with Gasteiger partial charge >= 0.3 is 0 Å². The molecule has 2 fully saturated rings. The SMILES string of the molecule is CN(C)CC1(O)CCCN(C(=O)C2(c3ccc(F)cc3)CC2)CC1. The van der Waals surface area contributed by atoms with Crippen molar-refractivity contribution in [2.75, 3.05) is 33.7 Å². The predicted molar refractivity (Wildman–Crippen MR) is 91.2 cm³/mol. The van der Waals surface area contributed by atoms with E-state index in [2.05, 4.69) is 0 Å². The van der Waals surface area contributed by atoms with Crippen LogP contribution >= 0.6 is 0 Å². The van der Waals surface area contributed by atoms with Crippen LogP contribution in [0, 0.1) is 5.82 Å². The van der Waals surface area contributed by atoms with E-state index < -0.39 is 11.0 Å². The largest absolute Gasteiger partial charge is 0.388 e. The number of aliphatic hydroxyl groups is 1. The fourth-order valence-electron chi connectivity index (χ4n) is 3.95. The lowest BCUT2D eigenvalue weighted by molar-refractivity contribution is -0.134. The van der Waals surface area contributed by atoms with E-state index in [9.17, 15) is 14.3 Å². The second-order valence-electron chi connectivity index (χ2n) is 7.70. The zero-order valence-electron chi connectivity index (χ0n) is 14.6. The molecule has 1 N–H and O–H groups in total. The number of hydrogen-bond acceptors (Lipinski definition) is 3. The molecule has 4 nitrogen and oxygen atoms in total. The number of likely N-dealkylation sites (tertiary alicyclic amines) is 1. The predicted octanol–water partition coefficient (Wildman–Crippen LogP) is 2.16. The summed E-state index contributed by atoms with van der Waals surface area (Å²) in [6, 6.07) is 6.34. The van der Waals surface area contributed by atoms with Crippen molar-refractivity contribution in [3.8, 4) is 0 Å². The van der Waals surface area contributed by atoms with E-state index in [1.54, 1.807) is 12.1 Å². The van der Waals surface area contributed by atoms with E-state index in [-0.39, 0.29) is 11.7 Å². The van der Waals surface area contributed by atoms with Crippen molar-refractivity contribution in [2.24, 2.45) is 0 Å². The summed E-state index contributed by atoms with van der Waals surface area (Å²) in [6.07, 6.45) is 3.80. The summed E-state index contributed by atoms with van der Waals surface area (Å²) < 4.78 is 13.2. The minimum Gasteiger partial charge on any atom is -0.388 e. The first-order valence-electron chi connectivity index (χ1n) is 8.77. The van der Waals surface area contributed by atoms with Crippen molar-refractivity contribution in [1.29, 1.82) is 0 Å². The molecule has 0 aromatic heterocycles. The molecule has 1 amide bonds. The number of hydrogen-bond donors (Lipinski definition) is 1. The Morgan fingerprint density at radius 2 is 1.83 bits per heavy atom. The highest BCUT2D eigenvalue weighted by Crippen LogP contribution is 2.50. The van der Waals surface area contributed by atoms with E-state index in [4.69, 9.17) is 0 Å². The van der Waals surface area contributed by atoms with Gasteiger partial charge in [-0.1, -0.05) is 12.1 Å². The Labute approximate surface area is 143 Å². The van der Waals surface area contributed by atoms with Gasteiger partial charge in [-0.15, -0.1) is 0 Å². The van der Waals surface area contributed by atoms with Crippen molar-refractivity contribution in [3.05, 3.63) is 35.6 Å². The lowest BCUT2D eigenvalue weighted by Crippen LogP contribution is -2.43. The summed E-state index contributed by atoms with van der Waals surface area (Å²) in [7, 11) is 3.92. The van der Waals surface area contributed by atoms with Gasteiger partial charge in [-0.3, -0.25) is 4.79 Å². The molecule has 132 valence electrons. The summed E-state index contributed by atoms with van der Waals surface area (Å²) >= 11 is 0. The van der Waals surface area contributed by atoms with Crippen LogP contribution in [0.15, 0.2) is 24.3 Å². The molecule has 0 radical (unpaired) electrons. The molecule has 1 unspecified atom stereocenters. The van der Waals surface area contributed by atoms with Gasteiger partial charge in [0, 0.05) is 19.6 Å².